The number of piperidine rings is 1. The predicted octanol–water partition coefficient (Wildman–Crippen LogP) is 4.06. The first-order valence-electron chi connectivity index (χ1n) is 6.52. The zero-order valence-corrected chi connectivity index (χ0v) is 11.3. The SMILES string of the molecule is O=C1CC2CCC(C1)N2c1cc(Cl)cc(C(F)(F)F)c1. The minimum Gasteiger partial charge on any atom is -0.365 e. The largest absolute Gasteiger partial charge is 0.416 e. The van der Waals surface area contributed by atoms with E-state index in [0.717, 1.165) is 25.0 Å². The smallest absolute Gasteiger partial charge is 0.365 e. The van der Waals surface area contributed by atoms with Gasteiger partial charge in [-0.1, -0.05) is 11.6 Å². The second kappa shape index (κ2) is 4.65. The summed E-state index contributed by atoms with van der Waals surface area (Å²) in [5, 5.41) is 0.0751. The molecule has 2 bridgehead atoms. The third-order valence-electron chi connectivity index (χ3n) is 4.05. The van der Waals surface area contributed by atoms with Crippen LogP contribution in [-0.4, -0.2) is 17.9 Å². The molecule has 2 fully saturated rings. The Morgan fingerprint density at radius 2 is 1.70 bits per heavy atom. The van der Waals surface area contributed by atoms with Crippen LogP contribution in [0.5, 0.6) is 0 Å². The molecule has 2 nitrogen and oxygen atoms in total. The quantitative estimate of drug-likeness (QED) is 0.780. The summed E-state index contributed by atoms with van der Waals surface area (Å²) in [6, 6.07) is 3.65. The number of carbonyl (C=O) groups excluding carboxylic acids is 1. The maximum atomic E-state index is 12.9. The number of hydrogen-bond donors (Lipinski definition) is 0. The lowest BCUT2D eigenvalue weighted by molar-refractivity contribution is -0.137. The lowest BCUT2D eigenvalue weighted by atomic mass is 10.00. The molecule has 0 aliphatic carbocycles. The van der Waals surface area contributed by atoms with Crippen LogP contribution in [0.2, 0.25) is 5.02 Å². The fourth-order valence-corrected chi connectivity index (χ4v) is 3.51. The van der Waals surface area contributed by atoms with E-state index in [2.05, 4.69) is 0 Å². The van der Waals surface area contributed by atoms with Crippen molar-refractivity contribution >= 4 is 23.1 Å². The Balaban J connectivity index is 1.99. The molecule has 6 heteroatoms. The van der Waals surface area contributed by atoms with E-state index in [1.165, 1.54) is 0 Å². The molecule has 20 heavy (non-hydrogen) atoms. The predicted molar refractivity (Wildman–Crippen MR) is 70.0 cm³/mol. The van der Waals surface area contributed by atoms with Crippen molar-refractivity contribution in [2.45, 2.75) is 43.9 Å². The number of rotatable bonds is 1. The van der Waals surface area contributed by atoms with Gasteiger partial charge in [0.15, 0.2) is 0 Å². The van der Waals surface area contributed by atoms with Gasteiger partial charge >= 0.3 is 6.18 Å². The number of hydrogen-bond acceptors (Lipinski definition) is 2. The van der Waals surface area contributed by atoms with E-state index in [1.807, 2.05) is 4.90 Å². The van der Waals surface area contributed by atoms with E-state index in [9.17, 15) is 18.0 Å². The number of anilines is 1. The number of nitrogens with zero attached hydrogens (tertiary/aromatic N) is 1. The summed E-state index contributed by atoms with van der Waals surface area (Å²) in [4.78, 5) is 13.5. The van der Waals surface area contributed by atoms with Crippen LogP contribution >= 0.6 is 11.6 Å². The summed E-state index contributed by atoms with van der Waals surface area (Å²) >= 11 is 5.83. The first-order valence-corrected chi connectivity index (χ1v) is 6.90. The van der Waals surface area contributed by atoms with Crippen molar-refractivity contribution in [3.63, 3.8) is 0 Å². The molecule has 0 aromatic heterocycles. The molecule has 2 saturated heterocycles. The van der Waals surface area contributed by atoms with Crippen molar-refractivity contribution in [2.75, 3.05) is 4.90 Å². The summed E-state index contributed by atoms with van der Waals surface area (Å²) in [6.45, 7) is 0. The fourth-order valence-electron chi connectivity index (χ4n) is 3.28. The highest BCUT2D eigenvalue weighted by atomic mass is 35.5. The van der Waals surface area contributed by atoms with Gasteiger partial charge in [0.2, 0.25) is 0 Å². The number of Topliss-reactive ketones (excluding diaryl/α,β-unsaturated/α-hetero) is 1. The molecule has 2 aliphatic heterocycles. The Hall–Kier alpha value is -1.23. The molecule has 0 spiro atoms. The summed E-state index contributed by atoms with van der Waals surface area (Å²) in [5.74, 6) is 0.201. The molecule has 1 aromatic rings. The summed E-state index contributed by atoms with van der Waals surface area (Å²) in [5.41, 5.74) is -0.263. The van der Waals surface area contributed by atoms with E-state index in [0.29, 0.717) is 18.5 Å². The minimum absolute atomic E-state index is 0.0146. The molecule has 2 unspecified atom stereocenters. The van der Waals surface area contributed by atoms with Crippen LogP contribution in [0.4, 0.5) is 18.9 Å². The topological polar surface area (TPSA) is 20.3 Å². The van der Waals surface area contributed by atoms with Crippen LogP contribution in [-0.2, 0) is 11.0 Å². The van der Waals surface area contributed by atoms with Crippen molar-refractivity contribution in [1.82, 2.24) is 0 Å². The zero-order valence-electron chi connectivity index (χ0n) is 10.6. The second-order valence-electron chi connectivity index (χ2n) is 5.44. The Morgan fingerprint density at radius 1 is 1.10 bits per heavy atom. The van der Waals surface area contributed by atoms with Crippen LogP contribution in [0.1, 0.15) is 31.2 Å². The van der Waals surface area contributed by atoms with Gasteiger partial charge in [-0.15, -0.1) is 0 Å². The molecular weight excluding hydrogens is 291 g/mol. The van der Waals surface area contributed by atoms with Gasteiger partial charge in [-0.3, -0.25) is 4.79 Å². The van der Waals surface area contributed by atoms with Gasteiger partial charge in [-0.25, -0.2) is 0 Å². The first-order chi connectivity index (χ1) is 9.34. The molecule has 1 aromatic carbocycles. The molecule has 2 atom stereocenters. The maximum absolute atomic E-state index is 12.9. The zero-order chi connectivity index (χ0) is 14.5. The van der Waals surface area contributed by atoms with Crippen LogP contribution < -0.4 is 4.90 Å². The molecule has 0 radical (unpaired) electrons. The third-order valence-corrected chi connectivity index (χ3v) is 4.27. The van der Waals surface area contributed by atoms with Gasteiger partial charge in [0.1, 0.15) is 5.78 Å². The highest BCUT2D eigenvalue weighted by Gasteiger charge is 2.41. The molecule has 2 aliphatic rings. The van der Waals surface area contributed by atoms with Crippen LogP contribution in [0, 0.1) is 0 Å². The molecule has 2 heterocycles. The molecular formula is C14H13ClF3NO. The molecule has 0 amide bonds. The lowest BCUT2D eigenvalue weighted by Gasteiger charge is -2.36. The van der Waals surface area contributed by atoms with Crippen LogP contribution in [0.15, 0.2) is 18.2 Å². The summed E-state index contributed by atoms with van der Waals surface area (Å²) < 4.78 is 38.6. The van der Waals surface area contributed by atoms with Gasteiger partial charge in [0, 0.05) is 35.6 Å². The molecule has 0 saturated carbocycles. The molecule has 108 valence electrons. The van der Waals surface area contributed by atoms with Crippen molar-refractivity contribution in [2.24, 2.45) is 0 Å². The van der Waals surface area contributed by atoms with E-state index in [1.54, 1.807) is 6.07 Å². The maximum Gasteiger partial charge on any atom is 0.416 e. The number of benzene rings is 1. The normalized spacial score (nSPS) is 26.2. The number of fused-ring (bicyclic) bond motifs is 2. The second-order valence-corrected chi connectivity index (χ2v) is 5.87. The number of halogens is 4. The molecule has 0 N–H and O–H groups in total. The summed E-state index contributed by atoms with van der Waals surface area (Å²) in [6.07, 6.45) is -1.87. The number of carbonyl (C=O) groups is 1. The van der Waals surface area contributed by atoms with E-state index in [-0.39, 0.29) is 22.9 Å². The Kier molecular flexibility index (Phi) is 3.20. The van der Waals surface area contributed by atoms with E-state index < -0.39 is 11.7 Å². The van der Waals surface area contributed by atoms with Gasteiger partial charge < -0.3 is 4.90 Å². The van der Waals surface area contributed by atoms with Crippen molar-refractivity contribution in [1.29, 1.82) is 0 Å². The Bertz CT molecular complexity index is 542. The van der Waals surface area contributed by atoms with Gasteiger partial charge in [0.25, 0.3) is 0 Å². The highest BCUT2D eigenvalue weighted by molar-refractivity contribution is 6.31. The van der Waals surface area contributed by atoms with Gasteiger partial charge in [-0.05, 0) is 31.0 Å². The third kappa shape index (κ3) is 2.39. The molecule has 3 rings (SSSR count). The van der Waals surface area contributed by atoms with Crippen LogP contribution in [0.3, 0.4) is 0 Å². The Labute approximate surface area is 119 Å². The average Bonchev–Trinajstić information content (AvgIpc) is 2.60. The average molecular weight is 304 g/mol. The van der Waals surface area contributed by atoms with Crippen molar-refractivity contribution in [3.05, 3.63) is 28.8 Å². The summed E-state index contributed by atoms with van der Waals surface area (Å²) in [7, 11) is 0. The van der Waals surface area contributed by atoms with Gasteiger partial charge in [0.05, 0.1) is 5.56 Å². The number of ketones is 1. The number of alkyl halides is 3. The van der Waals surface area contributed by atoms with Crippen molar-refractivity contribution in [3.8, 4) is 0 Å². The first kappa shape index (κ1) is 13.7. The van der Waals surface area contributed by atoms with Gasteiger partial charge in [-0.2, -0.15) is 13.2 Å². The standard InChI is InChI=1S/C14H13ClF3NO/c15-9-3-8(14(16,17)18)4-12(5-9)19-10-1-2-11(19)7-13(20)6-10/h3-5,10-11H,1-2,6-7H2. The lowest BCUT2D eigenvalue weighted by Crippen LogP contribution is -2.43. The van der Waals surface area contributed by atoms with E-state index in [4.69, 9.17) is 11.6 Å². The fraction of sp³-hybridized carbons (Fsp3) is 0.500. The van der Waals surface area contributed by atoms with E-state index >= 15 is 0 Å². The van der Waals surface area contributed by atoms with Crippen LogP contribution in [0.25, 0.3) is 0 Å². The highest BCUT2D eigenvalue weighted by Crippen LogP contribution is 2.41. The minimum atomic E-state index is -4.41. The van der Waals surface area contributed by atoms with Crippen molar-refractivity contribution < 1.29 is 18.0 Å². The Morgan fingerprint density at radius 3 is 2.25 bits per heavy atom. The monoisotopic (exact) mass is 303 g/mol.